The number of carbonyl (C=O) groups excluding carboxylic acids is 2. The van der Waals surface area contributed by atoms with E-state index in [2.05, 4.69) is 21.1 Å². The summed E-state index contributed by atoms with van der Waals surface area (Å²) in [5.41, 5.74) is 3.75. The third-order valence-corrected chi connectivity index (χ3v) is 4.50. The van der Waals surface area contributed by atoms with Gasteiger partial charge < -0.3 is 25.6 Å². The van der Waals surface area contributed by atoms with Crippen LogP contribution in [0.15, 0.2) is 22.7 Å². The van der Waals surface area contributed by atoms with Crippen LogP contribution in [0, 0.1) is 13.8 Å². The van der Waals surface area contributed by atoms with Gasteiger partial charge in [0.2, 0.25) is 11.8 Å². The van der Waals surface area contributed by atoms with Crippen molar-refractivity contribution in [2.24, 2.45) is 0 Å². The van der Waals surface area contributed by atoms with Gasteiger partial charge in [-0.1, -0.05) is 11.2 Å². The number of hydrogen-bond acceptors (Lipinski definition) is 6. The van der Waals surface area contributed by atoms with E-state index in [0.29, 0.717) is 36.5 Å². The molecule has 0 bridgehead atoms. The summed E-state index contributed by atoms with van der Waals surface area (Å²) in [6.45, 7) is 5.71. The van der Waals surface area contributed by atoms with Gasteiger partial charge in [-0.05, 0) is 44.9 Å². The van der Waals surface area contributed by atoms with Crippen LogP contribution in [-0.4, -0.2) is 40.8 Å². The minimum atomic E-state index is -0.537. The first kappa shape index (κ1) is 18.9. The van der Waals surface area contributed by atoms with Crippen LogP contribution < -0.4 is 16.0 Å². The monoisotopic (exact) mass is 372 g/mol. The maximum absolute atomic E-state index is 12.5. The van der Waals surface area contributed by atoms with Gasteiger partial charge in [-0.15, -0.1) is 0 Å². The van der Waals surface area contributed by atoms with Crippen molar-refractivity contribution in [2.45, 2.75) is 45.8 Å². The van der Waals surface area contributed by atoms with E-state index in [0.717, 1.165) is 16.8 Å². The summed E-state index contributed by atoms with van der Waals surface area (Å²) >= 11 is 0. The van der Waals surface area contributed by atoms with Gasteiger partial charge in [0.1, 0.15) is 11.8 Å². The molecule has 0 saturated carbocycles. The average Bonchev–Trinajstić information content (AvgIpc) is 3.19. The van der Waals surface area contributed by atoms with E-state index in [1.807, 2.05) is 32.0 Å². The highest BCUT2D eigenvalue weighted by atomic mass is 16.5. The predicted molar refractivity (Wildman–Crippen MR) is 101 cm³/mol. The van der Waals surface area contributed by atoms with E-state index in [1.54, 1.807) is 6.92 Å². The zero-order valence-corrected chi connectivity index (χ0v) is 15.6. The fraction of sp³-hybridized carbons (Fsp3) is 0.421. The van der Waals surface area contributed by atoms with Crippen molar-refractivity contribution < 1.29 is 19.2 Å². The second kappa shape index (κ2) is 7.79. The first-order valence-corrected chi connectivity index (χ1v) is 8.94. The number of aliphatic hydroxyl groups excluding tert-OH is 1. The second-order valence-electron chi connectivity index (χ2n) is 6.84. The Morgan fingerprint density at radius 2 is 2.19 bits per heavy atom. The third kappa shape index (κ3) is 4.28. The van der Waals surface area contributed by atoms with Crippen molar-refractivity contribution in [1.29, 1.82) is 0 Å². The van der Waals surface area contributed by atoms with E-state index in [-0.39, 0.29) is 11.8 Å². The maximum Gasteiger partial charge on any atom is 0.247 e. The highest BCUT2D eigenvalue weighted by molar-refractivity contribution is 6.01. The van der Waals surface area contributed by atoms with Gasteiger partial charge in [-0.3, -0.25) is 9.59 Å². The minimum absolute atomic E-state index is 0.118. The van der Waals surface area contributed by atoms with E-state index in [1.165, 1.54) is 0 Å². The van der Waals surface area contributed by atoms with Gasteiger partial charge in [0.25, 0.3) is 0 Å². The Bertz CT molecular complexity index is 840. The van der Waals surface area contributed by atoms with Crippen LogP contribution >= 0.6 is 0 Å². The number of aryl methyl sites for hydroxylation is 2. The highest BCUT2D eigenvalue weighted by Crippen LogP contribution is 2.33. The maximum atomic E-state index is 12.5. The van der Waals surface area contributed by atoms with Crippen LogP contribution in [-0.2, 0) is 9.59 Å². The fourth-order valence-electron chi connectivity index (χ4n) is 3.14. The molecule has 1 fully saturated rings. The molecule has 2 atom stereocenters. The SMILES string of the molecule is Cc1noc(C)c1-c1ccc(NCC(C)O)c(NC(=O)[C@@H]2CCC(=O)N2)c1. The topological polar surface area (TPSA) is 116 Å². The van der Waals surface area contributed by atoms with Crippen LogP contribution in [0.3, 0.4) is 0 Å². The molecule has 1 aliphatic rings. The Labute approximate surface area is 157 Å². The van der Waals surface area contributed by atoms with Crippen LogP contribution in [0.5, 0.6) is 0 Å². The molecule has 0 spiro atoms. The molecule has 3 rings (SSSR count). The Morgan fingerprint density at radius 1 is 1.41 bits per heavy atom. The predicted octanol–water partition coefficient (Wildman–Crippen LogP) is 1.97. The lowest BCUT2D eigenvalue weighted by Crippen LogP contribution is -2.37. The first-order chi connectivity index (χ1) is 12.8. The lowest BCUT2D eigenvalue weighted by atomic mass is 10.0. The van der Waals surface area contributed by atoms with Crippen molar-refractivity contribution in [3.8, 4) is 11.1 Å². The number of carbonyl (C=O) groups is 2. The van der Waals surface area contributed by atoms with Gasteiger partial charge in [-0.25, -0.2) is 0 Å². The summed E-state index contributed by atoms with van der Waals surface area (Å²) < 4.78 is 5.24. The molecule has 1 aromatic heterocycles. The summed E-state index contributed by atoms with van der Waals surface area (Å²) in [7, 11) is 0. The summed E-state index contributed by atoms with van der Waals surface area (Å²) in [4.78, 5) is 23.9. The Hall–Kier alpha value is -2.87. The zero-order valence-electron chi connectivity index (χ0n) is 15.6. The average molecular weight is 372 g/mol. The van der Waals surface area contributed by atoms with Crippen molar-refractivity contribution >= 4 is 23.2 Å². The summed E-state index contributed by atoms with van der Waals surface area (Å²) in [6.07, 6.45) is 0.291. The molecule has 27 heavy (non-hydrogen) atoms. The lowest BCUT2D eigenvalue weighted by Gasteiger charge is -2.17. The lowest BCUT2D eigenvalue weighted by molar-refractivity contribution is -0.122. The van der Waals surface area contributed by atoms with E-state index in [4.69, 9.17) is 4.52 Å². The molecular formula is C19H24N4O4. The molecule has 144 valence electrons. The smallest absolute Gasteiger partial charge is 0.247 e. The summed E-state index contributed by atoms with van der Waals surface area (Å²) in [6, 6.07) is 5.05. The Kier molecular flexibility index (Phi) is 5.46. The highest BCUT2D eigenvalue weighted by Gasteiger charge is 2.27. The number of rotatable bonds is 6. The number of aliphatic hydroxyl groups is 1. The number of aromatic nitrogens is 1. The molecule has 0 aliphatic carbocycles. The van der Waals surface area contributed by atoms with E-state index in [9.17, 15) is 14.7 Å². The van der Waals surface area contributed by atoms with Gasteiger partial charge in [0.15, 0.2) is 0 Å². The standard InChI is InChI=1S/C19H24N4O4/c1-10(24)9-20-14-5-4-13(18-11(2)23-27-12(18)3)8-16(14)22-19(26)15-6-7-17(25)21-15/h4-5,8,10,15,20,24H,6-7,9H2,1-3H3,(H,21,25)(H,22,26)/t10?,15-/m0/s1. The van der Waals surface area contributed by atoms with Crippen LogP contribution in [0.4, 0.5) is 11.4 Å². The van der Waals surface area contributed by atoms with Gasteiger partial charge in [-0.2, -0.15) is 0 Å². The number of amides is 2. The molecule has 8 heteroatoms. The van der Waals surface area contributed by atoms with Crippen molar-refractivity contribution in [1.82, 2.24) is 10.5 Å². The molecule has 2 amide bonds. The molecule has 1 aliphatic heterocycles. The molecule has 1 unspecified atom stereocenters. The second-order valence-corrected chi connectivity index (χ2v) is 6.84. The van der Waals surface area contributed by atoms with Crippen LogP contribution in [0.1, 0.15) is 31.2 Å². The Morgan fingerprint density at radius 3 is 2.78 bits per heavy atom. The number of hydrogen-bond donors (Lipinski definition) is 4. The quantitative estimate of drug-likeness (QED) is 0.616. The minimum Gasteiger partial charge on any atom is -0.392 e. The number of anilines is 2. The molecule has 1 aromatic carbocycles. The van der Waals surface area contributed by atoms with Crippen LogP contribution in [0.2, 0.25) is 0 Å². The number of benzene rings is 1. The molecule has 0 radical (unpaired) electrons. The molecule has 2 heterocycles. The molecule has 8 nitrogen and oxygen atoms in total. The van der Waals surface area contributed by atoms with Crippen molar-refractivity contribution in [3.05, 3.63) is 29.7 Å². The fourth-order valence-corrected chi connectivity index (χ4v) is 3.14. The molecule has 1 saturated heterocycles. The van der Waals surface area contributed by atoms with Crippen molar-refractivity contribution in [2.75, 3.05) is 17.2 Å². The van der Waals surface area contributed by atoms with E-state index >= 15 is 0 Å². The number of nitrogens with one attached hydrogen (secondary N) is 3. The number of nitrogens with zero attached hydrogens (tertiary/aromatic N) is 1. The van der Waals surface area contributed by atoms with Crippen molar-refractivity contribution in [3.63, 3.8) is 0 Å². The molecular weight excluding hydrogens is 348 g/mol. The van der Waals surface area contributed by atoms with Gasteiger partial charge in [0, 0.05) is 18.5 Å². The van der Waals surface area contributed by atoms with Crippen LogP contribution in [0.25, 0.3) is 11.1 Å². The first-order valence-electron chi connectivity index (χ1n) is 8.94. The van der Waals surface area contributed by atoms with E-state index < -0.39 is 12.1 Å². The third-order valence-electron chi connectivity index (χ3n) is 4.50. The normalized spacial score (nSPS) is 17.5. The zero-order chi connectivity index (χ0) is 19.6. The summed E-state index contributed by atoms with van der Waals surface area (Å²) in [5.74, 6) is 0.307. The van der Waals surface area contributed by atoms with Gasteiger partial charge >= 0.3 is 0 Å². The largest absolute Gasteiger partial charge is 0.392 e. The molecule has 2 aromatic rings. The Balaban J connectivity index is 1.90. The van der Waals surface area contributed by atoms with Gasteiger partial charge in [0.05, 0.1) is 23.2 Å². The molecule has 4 N–H and O–H groups in total. The summed E-state index contributed by atoms with van der Waals surface area (Å²) in [5, 5.41) is 22.2.